The minimum atomic E-state index is -0.298. The summed E-state index contributed by atoms with van der Waals surface area (Å²) in [5, 5.41) is 3.65. The SMILES string of the molecule is Cc1ccc(NC(=O)CSc2ncc(-c3ccccc3)n2C(=O)c2ccccc2Cl)cc1. The Labute approximate surface area is 195 Å². The summed E-state index contributed by atoms with van der Waals surface area (Å²) in [4.78, 5) is 30.4. The normalized spacial score (nSPS) is 10.7. The average molecular weight is 462 g/mol. The number of carbonyl (C=O) groups excluding carboxylic acids is 2. The number of imidazole rings is 1. The molecule has 0 atom stereocenters. The second-order valence-corrected chi connectivity index (χ2v) is 8.47. The predicted octanol–water partition coefficient (Wildman–Crippen LogP) is 5.93. The Bertz CT molecular complexity index is 1250. The highest BCUT2D eigenvalue weighted by Gasteiger charge is 2.22. The molecule has 0 unspecified atom stereocenters. The average Bonchev–Trinajstić information content (AvgIpc) is 3.24. The highest BCUT2D eigenvalue weighted by Crippen LogP contribution is 2.29. The third-order valence-electron chi connectivity index (χ3n) is 4.77. The van der Waals surface area contributed by atoms with Crippen LogP contribution < -0.4 is 5.32 Å². The molecular formula is C25H20ClN3O2S. The van der Waals surface area contributed by atoms with Crippen LogP contribution in [0, 0.1) is 6.92 Å². The summed E-state index contributed by atoms with van der Waals surface area (Å²) in [6, 6.07) is 24.0. The highest BCUT2D eigenvalue weighted by atomic mass is 35.5. The van der Waals surface area contributed by atoms with Gasteiger partial charge in [-0.2, -0.15) is 0 Å². The van der Waals surface area contributed by atoms with Gasteiger partial charge < -0.3 is 5.32 Å². The van der Waals surface area contributed by atoms with Crippen molar-refractivity contribution in [3.05, 3.63) is 101 Å². The minimum Gasteiger partial charge on any atom is -0.325 e. The second kappa shape index (κ2) is 9.85. The van der Waals surface area contributed by atoms with E-state index in [0.717, 1.165) is 16.8 Å². The van der Waals surface area contributed by atoms with Crippen molar-refractivity contribution in [2.24, 2.45) is 0 Å². The zero-order chi connectivity index (χ0) is 22.5. The van der Waals surface area contributed by atoms with E-state index in [1.165, 1.54) is 16.3 Å². The lowest BCUT2D eigenvalue weighted by Crippen LogP contribution is -2.17. The first-order valence-electron chi connectivity index (χ1n) is 9.94. The van der Waals surface area contributed by atoms with Gasteiger partial charge in [0.1, 0.15) is 0 Å². The van der Waals surface area contributed by atoms with E-state index >= 15 is 0 Å². The number of nitrogens with zero attached hydrogens (tertiary/aromatic N) is 2. The van der Waals surface area contributed by atoms with Crippen molar-refractivity contribution < 1.29 is 9.59 Å². The molecule has 4 rings (SSSR count). The van der Waals surface area contributed by atoms with E-state index < -0.39 is 0 Å². The quantitative estimate of drug-likeness (QED) is 0.361. The molecule has 0 aliphatic carbocycles. The molecular weight excluding hydrogens is 442 g/mol. The maximum absolute atomic E-state index is 13.4. The summed E-state index contributed by atoms with van der Waals surface area (Å²) >= 11 is 7.49. The number of aryl methyl sites for hydroxylation is 1. The molecule has 4 aromatic rings. The summed E-state index contributed by atoms with van der Waals surface area (Å²) in [5.74, 6) is -0.372. The fraction of sp³-hybridized carbons (Fsp3) is 0.0800. The van der Waals surface area contributed by atoms with Gasteiger partial charge in [-0.05, 0) is 31.2 Å². The first kappa shape index (κ1) is 21.9. The van der Waals surface area contributed by atoms with Gasteiger partial charge in [-0.1, -0.05) is 83.5 Å². The fourth-order valence-corrected chi connectivity index (χ4v) is 4.15. The molecule has 1 heterocycles. The summed E-state index contributed by atoms with van der Waals surface area (Å²) in [7, 11) is 0. The molecule has 1 aromatic heterocycles. The van der Waals surface area contributed by atoms with Crippen LogP contribution in [-0.2, 0) is 4.79 Å². The van der Waals surface area contributed by atoms with E-state index in [2.05, 4.69) is 10.3 Å². The van der Waals surface area contributed by atoms with Crippen molar-refractivity contribution in [2.75, 3.05) is 11.1 Å². The van der Waals surface area contributed by atoms with Crippen molar-refractivity contribution in [3.63, 3.8) is 0 Å². The van der Waals surface area contributed by atoms with E-state index in [-0.39, 0.29) is 17.6 Å². The van der Waals surface area contributed by atoms with Crippen molar-refractivity contribution in [1.29, 1.82) is 0 Å². The van der Waals surface area contributed by atoms with Gasteiger partial charge in [-0.15, -0.1) is 0 Å². The molecule has 32 heavy (non-hydrogen) atoms. The monoisotopic (exact) mass is 461 g/mol. The Morgan fingerprint density at radius 1 is 0.969 bits per heavy atom. The number of halogens is 1. The number of hydrogen-bond acceptors (Lipinski definition) is 4. The Morgan fingerprint density at radius 3 is 2.38 bits per heavy atom. The first-order valence-corrected chi connectivity index (χ1v) is 11.3. The molecule has 0 fully saturated rings. The number of amides is 1. The zero-order valence-electron chi connectivity index (χ0n) is 17.3. The topological polar surface area (TPSA) is 64.0 Å². The third-order valence-corrected chi connectivity index (χ3v) is 6.06. The van der Waals surface area contributed by atoms with Crippen LogP contribution in [0.3, 0.4) is 0 Å². The molecule has 5 nitrogen and oxygen atoms in total. The van der Waals surface area contributed by atoms with Gasteiger partial charge in [0.2, 0.25) is 5.91 Å². The lowest BCUT2D eigenvalue weighted by atomic mass is 10.1. The Morgan fingerprint density at radius 2 is 1.66 bits per heavy atom. The number of thioether (sulfide) groups is 1. The van der Waals surface area contributed by atoms with Crippen LogP contribution in [0.1, 0.15) is 15.9 Å². The number of nitrogens with one attached hydrogen (secondary N) is 1. The number of aromatic nitrogens is 2. The van der Waals surface area contributed by atoms with Crippen LogP contribution in [0.25, 0.3) is 11.3 Å². The standard InChI is InChI=1S/C25H20ClN3O2S/c1-17-11-13-19(14-12-17)28-23(30)16-32-25-27-15-22(18-7-3-2-4-8-18)29(25)24(31)20-9-5-6-10-21(20)26/h2-15H,16H2,1H3,(H,28,30). The van der Waals surface area contributed by atoms with Crippen molar-refractivity contribution in [1.82, 2.24) is 9.55 Å². The van der Waals surface area contributed by atoms with E-state index in [0.29, 0.717) is 21.4 Å². The summed E-state index contributed by atoms with van der Waals surface area (Å²) in [6.45, 7) is 1.99. The van der Waals surface area contributed by atoms with Crippen LogP contribution in [0.15, 0.2) is 90.2 Å². The minimum absolute atomic E-state index is 0.106. The Kier molecular flexibility index (Phi) is 6.73. The number of rotatable bonds is 6. The molecule has 0 aliphatic rings. The molecule has 1 amide bonds. The van der Waals surface area contributed by atoms with Crippen molar-refractivity contribution in [2.45, 2.75) is 12.1 Å². The number of benzene rings is 3. The maximum atomic E-state index is 13.4. The van der Waals surface area contributed by atoms with Gasteiger partial charge in [0, 0.05) is 11.3 Å². The van der Waals surface area contributed by atoms with E-state index in [9.17, 15) is 9.59 Å². The number of anilines is 1. The molecule has 0 spiro atoms. The van der Waals surface area contributed by atoms with Crippen LogP contribution in [0.4, 0.5) is 5.69 Å². The van der Waals surface area contributed by atoms with E-state index in [4.69, 9.17) is 11.6 Å². The Balaban J connectivity index is 1.61. The maximum Gasteiger partial charge on any atom is 0.266 e. The van der Waals surface area contributed by atoms with Gasteiger partial charge in [0.25, 0.3) is 5.91 Å². The van der Waals surface area contributed by atoms with Gasteiger partial charge in [-0.3, -0.25) is 14.2 Å². The molecule has 0 radical (unpaired) electrons. The van der Waals surface area contributed by atoms with Crippen LogP contribution in [0.2, 0.25) is 5.02 Å². The second-order valence-electron chi connectivity index (χ2n) is 7.12. The molecule has 0 saturated heterocycles. The van der Waals surface area contributed by atoms with Crippen LogP contribution >= 0.6 is 23.4 Å². The van der Waals surface area contributed by atoms with E-state index in [1.807, 2.05) is 61.5 Å². The molecule has 0 aliphatic heterocycles. The number of carbonyl (C=O) groups is 2. The fourth-order valence-electron chi connectivity index (χ4n) is 3.16. The molecule has 7 heteroatoms. The molecule has 3 aromatic carbocycles. The van der Waals surface area contributed by atoms with E-state index in [1.54, 1.807) is 30.5 Å². The van der Waals surface area contributed by atoms with Crippen LogP contribution in [-0.4, -0.2) is 27.1 Å². The highest BCUT2D eigenvalue weighted by molar-refractivity contribution is 7.99. The lowest BCUT2D eigenvalue weighted by molar-refractivity contribution is -0.113. The number of hydrogen-bond donors (Lipinski definition) is 1. The lowest BCUT2D eigenvalue weighted by Gasteiger charge is -2.12. The summed E-state index contributed by atoms with van der Waals surface area (Å²) in [6.07, 6.45) is 1.64. The van der Waals surface area contributed by atoms with Crippen molar-refractivity contribution in [3.8, 4) is 11.3 Å². The Hall–Kier alpha value is -3.35. The summed E-state index contributed by atoms with van der Waals surface area (Å²) < 4.78 is 1.51. The van der Waals surface area contributed by atoms with Gasteiger partial charge >= 0.3 is 0 Å². The first-order chi connectivity index (χ1) is 15.5. The smallest absolute Gasteiger partial charge is 0.266 e. The molecule has 1 N–H and O–H groups in total. The predicted molar refractivity (Wildman–Crippen MR) is 129 cm³/mol. The van der Waals surface area contributed by atoms with Crippen LogP contribution in [0.5, 0.6) is 0 Å². The van der Waals surface area contributed by atoms with Gasteiger partial charge in [-0.25, -0.2) is 4.98 Å². The third kappa shape index (κ3) is 4.93. The van der Waals surface area contributed by atoms with Gasteiger partial charge in [0.05, 0.1) is 28.2 Å². The largest absolute Gasteiger partial charge is 0.325 e. The molecule has 160 valence electrons. The van der Waals surface area contributed by atoms with Crippen molar-refractivity contribution >= 4 is 40.9 Å². The van der Waals surface area contributed by atoms with Gasteiger partial charge in [0.15, 0.2) is 5.16 Å². The summed E-state index contributed by atoms with van der Waals surface area (Å²) in [5.41, 5.74) is 3.69. The zero-order valence-corrected chi connectivity index (χ0v) is 18.9. The molecule has 0 saturated carbocycles. The molecule has 0 bridgehead atoms.